The Morgan fingerprint density at radius 1 is 1.10 bits per heavy atom. The zero-order valence-electron chi connectivity index (χ0n) is 11.4. The van der Waals surface area contributed by atoms with E-state index < -0.39 is 12.0 Å². The molecule has 4 nitrogen and oxygen atoms in total. The number of nitrogens with two attached hydrogens (primary N) is 1. The van der Waals surface area contributed by atoms with Crippen molar-refractivity contribution in [2.24, 2.45) is 5.73 Å². The van der Waals surface area contributed by atoms with Crippen LogP contribution in [-0.4, -0.2) is 17.8 Å². The molecule has 0 aliphatic carbocycles. The zero-order chi connectivity index (χ0) is 15.4. The van der Waals surface area contributed by atoms with Crippen molar-refractivity contribution in [2.75, 3.05) is 0 Å². The van der Waals surface area contributed by atoms with E-state index in [0.717, 1.165) is 0 Å². The Morgan fingerprint density at radius 3 is 2.33 bits per heavy atom. The lowest BCUT2D eigenvalue weighted by atomic mass is 10.1. The Morgan fingerprint density at radius 2 is 1.71 bits per heavy atom. The molecule has 0 aliphatic rings. The summed E-state index contributed by atoms with van der Waals surface area (Å²) in [6, 6.07) is 13.1. The van der Waals surface area contributed by atoms with E-state index in [1.165, 1.54) is 0 Å². The normalized spacial score (nSPS) is 11.7. The van der Waals surface area contributed by atoms with Gasteiger partial charge in [0.05, 0.1) is 5.56 Å². The van der Waals surface area contributed by atoms with Crippen LogP contribution in [0.15, 0.2) is 48.5 Å². The topological polar surface area (TPSA) is 69.4 Å². The predicted octanol–water partition coefficient (Wildman–Crippen LogP) is 3.09. The minimum Gasteiger partial charge on any atom is -0.482 e. The van der Waals surface area contributed by atoms with Crippen molar-refractivity contribution in [3.63, 3.8) is 0 Å². The molecule has 2 N–H and O–H groups in total. The van der Waals surface area contributed by atoms with Gasteiger partial charge >= 0.3 is 0 Å². The van der Waals surface area contributed by atoms with Crippen LogP contribution in [0.4, 0.5) is 0 Å². The quantitative estimate of drug-likeness (QED) is 0.863. The predicted molar refractivity (Wildman–Crippen MR) is 80.8 cm³/mol. The summed E-state index contributed by atoms with van der Waals surface area (Å²) in [4.78, 5) is 23.6. The third-order valence-electron chi connectivity index (χ3n) is 2.95. The van der Waals surface area contributed by atoms with Crippen molar-refractivity contribution < 1.29 is 14.3 Å². The highest BCUT2D eigenvalue weighted by molar-refractivity contribution is 6.30. The van der Waals surface area contributed by atoms with Crippen LogP contribution in [0.25, 0.3) is 0 Å². The van der Waals surface area contributed by atoms with Gasteiger partial charge in [-0.2, -0.15) is 0 Å². The van der Waals surface area contributed by atoms with Crippen molar-refractivity contribution in [3.8, 4) is 5.75 Å². The van der Waals surface area contributed by atoms with Crippen molar-refractivity contribution in [1.82, 2.24) is 0 Å². The first kappa shape index (κ1) is 15.1. The van der Waals surface area contributed by atoms with Crippen LogP contribution < -0.4 is 10.5 Å². The molecule has 0 spiro atoms. The lowest BCUT2D eigenvalue weighted by molar-refractivity contribution is 0.0811. The van der Waals surface area contributed by atoms with Crippen LogP contribution in [0.3, 0.4) is 0 Å². The number of hydrogen-bond donors (Lipinski definition) is 1. The molecule has 1 unspecified atom stereocenters. The summed E-state index contributed by atoms with van der Waals surface area (Å²) in [7, 11) is 0. The van der Waals surface area contributed by atoms with E-state index >= 15 is 0 Å². The molecule has 2 aromatic carbocycles. The summed E-state index contributed by atoms with van der Waals surface area (Å²) in [5.41, 5.74) is 6.01. The number of primary amides is 1. The highest BCUT2D eigenvalue weighted by Gasteiger charge is 2.19. The van der Waals surface area contributed by atoms with Crippen LogP contribution in [0, 0.1) is 0 Å². The van der Waals surface area contributed by atoms with Crippen molar-refractivity contribution >= 4 is 23.3 Å². The number of ketones is 1. The van der Waals surface area contributed by atoms with Crippen molar-refractivity contribution in [2.45, 2.75) is 13.0 Å². The molecule has 108 valence electrons. The molecule has 0 radical (unpaired) electrons. The second-order valence-corrected chi connectivity index (χ2v) is 4.93. The summed E-state index contributed by atoms with van der Waals surface area (Å²) in [5, 5.41) is 0.555. The van der Waals surface area contributed by atoms with Crippen molar-refractivity contribution in [3.05, 3.63) is 64.7 Å². The van der Waals surface area contributed by atoms with Gasteiger partial charge in [0, 0.05) is 10.6 Å². The fourth-order valence-corrected chi connectivity index (χ4v) is 1.99. The van der Waals surface area contributed by atoms with E-state index in [-0.39, 0.29) is 11.3 Å². The molecule has 0 bridgehead atoms. The Labute approximate surface area is 127 Å². The molecule has 0 saturated carbocycles. The number of para-hydroxylation sites is 1. The molecule has 0 aliphatic heterocycles. The van der Waals surface area contributed by atoms with E-state index in [9.17, 15) is 9.59 Å². The highest BCUT2D eigenvalue weighted by Crippen LogP contribution is 2.20. The van der Waals surface area contributed by atoms with Crippen LogP contribution in [0.1, 0.15) is 27.6 Å². The molecule has 1 amide bonds. The lowest BCUT2D eigenvalue weighted by Gasteiger charge is -2.15. The van der Waals surface area contributed by atoms with Gasteiger partial charge in [0.25, 0.3) is 5.91 Å². The van der Waals surface area contributed by atoms with Gasteiger partial charge in [-0.05, 0) is 43.3 Å². The summed E-state index contributed by atoms with van der Waals surface area (Å²) >= 11 is 5.79. The van der Waals surface area contributed by atoms with Gasteiger partial charge in [-0.3, -0.25) is 9.59 Å². The molecule has 21 heavy (non-hydrogen) atoms. The van der Waals surface area contributed by atoms with Gasteiger partial charge in [-0.15, -0.1) is 0 Å². The minimum absolute atomic E-state index is 0.203. The molecule has 2 rings (SSSR count). The van der Waals surface area contributed by atoms with E-state index in [1.807, 2.05) is 0 Å². The standard InChI is InChI=1S/C16H14ClNO3/c1-10(15(19)11-6-8-12(17)9-7-11)21-14-5-3-2-4-13(14)16(18)20/h2-10H,1H3,(H2,18,20). The first-order valence-corrected chi connectivity index (χ1v) is 6.72. The van der Waals surface area contributed by atoms with E-state index in [1.54, 1.807) is 55.5 Å². The molecule has 0 fully saturated rings. The summed E-state index contributed by atoms with van der Waals surface area (Å²) < 4.78 is 5.57. The number of Topliss-reactive ketones (excluding diaryl/α,β-unsaturated/α-hetero) is 1. The maximum absolute atomic E-state index is 12.3. The monoisotopic (exact) mass is 303 g/mol. The van der Waals surface area contributed by atoms with Gasteiger partial charge < -0.3 is 10.5 Å². The first-order chi connectivity index (χ1) is 9.99. The van der Waals surface area contributed by atoms with Gasteiger partial charge in [-0.1, -0.05) is 23.7 Å². The van der Waals surface area contributed by atoms with Gasteiger partial charge in [0.2, 0.25) is 5.78 Å². The largest absolute Gasteiger partial charge is 0.482 e. The smallest absolute Gasteiger partial charge is 0.252 e. The number of carbonyl (C=O) groups excluding carboxylic acids is 2. The SMILES string of the molecule is CC(Oc1ccccc1C(N)=O)C(=O)c1ccc(Cl)cc1. The molecule has 2 aromatic rings. The number of benzene rings is 2. The fraction of sp³-hybridized carbons (Fsp3) is 0.125. The van der Waals surface area contributed by atoms with Gasteiger partial charge in [-0.25, -0.2) is 0 Å². The number of rotatable bonds is 5. The average molecular weight is 304 g/mol. The Kier molecular flexibility index (Phi) is 4.60. The Bertz CT molecular complexity index is 667. The lowest BCUT2D eigenvalue weighted by Crippen LogP contribution is -2.25. The zero-order valence-corrected chi connectivity index (χ0v) is 12.1. The first-order valence-electron chi connectivity index (χ1n) is 6.34. The van der Waals surface area contributed by atoms with E-state index in [0.29, 0.717) is 16.3 Å². The number of ether oxygens (including phenoxy) is 1. The maximum Gasteiger partial charge on any atom is 0.252 e. The second kappa shape index (κ2) is 6.41. The summed E-state index contributed by atoms with van der Waals surface area (Å²) in [5.74, 6) is -0.512. The molecule has 1 atom stereocenters. The van der Waals surface area contributed by atoms with Gasteiger partial charge in [0.1, 0.15) is 5.75 Å². The fourth-order valence-electron chi connectivity index (χ4n) is 1.87. The molecule has 0 heterocycles. The highest BCUT2D eigenvalue weighted by atomic mass is 35.5. The number of halogens is 1. The summed E-state index contributed by atoms with van der Waals surface area (Å²) in [6.07, 6.45) is -0.744. The number of hydrogen-bond acceptors (Lipinski definition) is 3. The summed E-state index contributed by atoms with van der Waals surface area (Å²) in [6.45, 7) is 1.62. The average Bonchev–Trinajstić information content (AvgIpc) is 2.47. The number of amides is 1. The number of carbonyl (C=O) groups is 2. The molecule has 0 aromatic heterocycles. The molecule has 5 heteroatoms. The third kappa shape index (κ3) is 3.61. The van der Waals surface area contributed by atoms with Gasteiger partial charge in [0.15, 0.2) is 6.10 Å². The minimum atomic E-state index is -0.744. The van der Waals surface area contributed by atoms with Crippen LogP contribution >= 0.6 is 11.6 Å². The third-order valence-corrected chi connectivity index (χ3v) is 3.21. The van der Waals surface area contributed by atoms with Crippen LogP contribution in [0.2, 0.25) is 5.02 Å². The molecular weight excluding hydrogens is 290 g/mol. The van der Waals surface area contributed by atoms with E-state index in [4.69, 9.17) is 22.1 Å². The maximum atomic E-state index is 12.3. The second-order valence-electron chi connectivity index (χ2n) is 4.49. The van der Waals surface area contributed by atoms with Crippen LogP contribution in [-0.2, 0) is 0 Å². The van der Waals surface area contributed by atoms with Crippen molar-refractivity contribution in [1.29, 1.82) is 0 Å². The molecular formula is C16H14ClNO3. The van der Waals surface area contributed by atoms with E-state index in [2.05, 4.69) is 0 Å². The Hall–Kier alpha value is -2.33. The van der Waals surface area contributed by atoms with Crippen LogP contribution in [0.5, 0.6) is 5.75 Å². The molecule has 0 saturated heterocycles. The Balaban J connectivity index is 2.18.